The highest BCUT2D eigenvalue weighted by molar-refractivity contribution is 7.10. The highest BCUT2D eigenvalue weighted by Gasteiger charge is 2.33. The summed E-state index contributed by atoms with van der Waals surface area (Å²) in [7, 11) is 0. The van der Waals surface area contributed by atoms with Gasteiger partial charge in [-0.15, -0.1) is 11.3 Å². The molecule has 2 atom stereocenters. The van der Waals surface area contributed by atoms with Crippen LogP contribution in [0.2, 0.25) is 0 Å². The van der Waals surface area contributed by atoms with Crippen LogP contribution in [-0.2, 0) is 0 Å². The zero-order valence-corrected chi connectivity index (χ0v) is 11.2. The average Bonchev–Trinajstić information content (AvgIpc) is 2.98. The van der Waals surface area contributed by atoms with Crippen molar-refractivity contribution in [3.05, 3.63) is 57.0 Å². The third kappa shape index (κ3) is 2.66. The molecule has 0 aliphatic carbocycles. The topological polar surface area (TPSA) is 46.2 Å². The standard InChI is InChI=1S/C13H10F5NOS/c14-8-7(9(15)11(17)12(18)10(8)16)13(20)5(4-19)6-2-1-3-21-6/h1-3,5,13,20H,4,19H2. The zero-order valence-electron chi connectivity index (χ0n) is 10.4. The molecule has 2 rings (SSSR count). The molecule has 0 aliphatic rings. The first-order chi connectivity index (χ1) is 9.90. The van der Waals surface area contributed by atoms with Gasteiger partial charge in [0.2, 0.25) is 5.82 Å². The Kier molecular flexibility index (Phi) is 4.60. The van der Waals surface area contributed by atoms with E-state index >= 15 is 0 Å². The lowest BCUT2D eigenvalue weighted by Gasteiger charge is -2.22. The predicted molar refractivity (Wildman–Crippen MR) is 67.3 cm³/mol. The van der Waals surface area contributed by atoms with Crippen molar-refractivity contribution >= 4 is 11.3 Å². The van der Waals surface area contributed by atoms with Crippen LogP contribution in [0.3, 0.4) is 0 Å². The van der Waals surface area contributed by atoms with Crippen molar-refractivity contribution < 1.29 is 27.1 Å². The van der Waals surface area contributed by atoms with Crippen molar-refractivity contribution in [1.29, 1.82) is 0 Å². The predicted octanol–water partition coefficient (Wildman–Crippen LogP) is 3.22. The van der Waals surface area contributed by atoms with E-state index in [1.165, 1.54) is 0 Å². The van der Waals surface area contributed by atoms with Gasteiger partial charge < -0.3 is 10.8 Å². The molecule has 0 fully saturated rings. The Morgan fingerprint density at radius 2 is 1.52 bits per heavy atom. The number of aliphatic hydroxyl groups excluding tert-OH is 1. The molecular formula is C13H10F5NOS. The molecule has 0 radical (unpaired) electrons. The summed E-state index contributed by atoms with van der Waals surface area (Å²) in [6.45, 7) is -0.221. The number of aliphatic hydroxyl groups is 1. The SMILES string of the molecule is NCC(c1cccs1)C(O)c1c(F)c(F)c(F)c(F)c1F. The fourth-order valence-electron chi connectivity index (χ4n) is 1.99. The van der Waals surface area contributed by atoms with E-state index in [0.29, 0.717) is 4.88 Å². The first-order valence-corrected chi connectivity index (χ1v) is 6.71. The molecule has 0 saturated carbocycles. The third-order valence-corrected chi connectivity index (χ3v) is 4.09. The van der Waals surface area contributed by atoms with E-state index in [1.807, 2.05) is 0 Å². The van der Waals surface area contributed by atoms with E-state index in [2.05, 4.69) is 0 Å². The van der Waals surface area contributed by atoms with Gasteiger partial charge in [-0.05, 0) is 11.4 Å². The lowest BCUT2D eigenvalue weighted by Crippen LogP contribution is -2.22. The van der Waals surface area contributed by atoms with Gasteiger partial charge in [0, 0.05) is 17.3 Å². The van der Waals surface area contributed by atoms with E-state index in [1.54, 1.807) is 17.5 Å². The van der Waals surface area contributed by atoms with E-state index in [-0.39, 0.29) is 6.54 Å². The number of hydrogen-bond donors (Lipinski definition) is 2. The van der Waals surface area contributed by atoms with Crippen LogP contribution in [0.5, 0.6) is 0 Å². The average molecular weight is 323 g/mol. The van der Waals surface area contributed by atoms with Gasteiger partial charge in [-0.25, -0.2) is 22.0 Å². The summed E-state index contributed by atoms with van der Waals surface area (Å²) in [5.41, 5.74) is 4.18. The van der Waals surface area contributed by atoms with Crippen LogP contribution in [-0.4, -0.2) is 11.7 Å². The molecule has 2 nitrogen and oxygen atoms in total. The number of halogens is 5. The van der Waals surface area contributed by atoms with Gasteiger partial charge in [-0.3, -0.25) is 0 Å². The molecule has 3 N–H and O–H groups in total. The fourth-order valence-corrected chi connectivity index (χ4v) is 2.86. The summed E-state index contributed by atoms with van der Waals surface area (Å²) in [6.07, 6.45) is -1.95. The van der Waals surface area contributed by atoms with Gasteiger partial charge in [-0.2, -0.15) is 0 Å². The maximum absolute atomic E-state index is 13.7. The minimum absolute atomic E-state index is 0.221. The number of thiophene rings is 1. The third-order valence-electron chi connectivity index (χ3n) is 3.08. The Labute approximate surface area is 120 Å². The largest absolute Gasteiger partial charge is 0.387 e. The molecule has 2 aromatic rings. The molecule has 0 bridgehead atoms. The molecule has 1 aromatic carbocycles. The summed E-state index contributed by atoms with van der Waals surface area (Å²) >= 11 is 1.16. The van der Waals surface area contributed by atoms with Crippen molar-refractivity contribution in [2.24, 2.45) is 5.73 Å². The Hall–Kier alpha value is -1.51. The van der Waals surface area contributed by atoms with Crippen LogP contribution in [0.25, 0.3) is 0 Å². The summed E-state index contributed by atoms with van der Waals surface area (Å²) in [6, 6.07) is 3.17. The molecule has 21 heavy (non-hydrogen) atoms. The van der Waals surface area contributed by atoms with Crippen LogP contribution >= 0.6 is 11.3 Å². The van der Waals surface area contributed by atoms with Crippen LogP contribution in [0.4, 0.5) is 22.0 Å². The smallest absolute Gasteiger partial charge is 0.200 e. The monoisotopic (exact) mass is 323 g/mol. The van der Waals surface area contributed by atoms with Gasteiger partial charge in [-0.1, -0.05) is 6.07 Å². The van der Waals surface area contributed by atoms with E-state index in [0.717, 1.165) is 11.3 Å². The fraction of sp³-hybridized carbons (Fsp3) is 0.231. The van der Waals surface area contributed by atoms with E-state index < -0.39 is 46.7 Å². The number of hydrogen-bond acceptors (Lipinski definition) is 3. The van der Waals surface area contributed by atoms with Gasteiger partial charge in [0.15, 0.2) is 23.3 Å². The second-order valence-electron chi connectivity index (χ2n) is 4.29. The Morgan fingerprint density at radius 3 is 1.95 bits per heavy atom. The quantitative estimate of drug-likeness (QED) is 0.515. The van der Waals surface area contributed by atoms with E-state index in [4.69, 9.17) is 5.73 Å². The highest BCUT2D eigenvalue weighted by atomic mass is 32.1. The highest BCUT2D eigenvalue weighted by Crippen LogP contribution is 2.37. The zero-order chi connectivity index (χ0) is 15.7. The number of rotatable bonds is 4. The van der Waals surface area contributed by atoms with Crippen LogP contribution in [0, 0.1) is 29.1 Å². The van der Waals surface area contributed by atoms with Gasteiger partial charge >= 0.3 is 0 Å². The molecule has 0 amide bonds. The van der Waals surface area contributed by atoms with Crippen molar-refractivity contribution in [2.75, 3.05) is 6.54 Å². The second kappa shape index (κ2) is 6.08. The van der Waals surface area contributed by atoms with Crippen molar-refractivity contribution in [1.82, 2.24) is 0 Å². The number of benzene rings is 1. The van der Waals surface area contributed by atoms with Crippen molar-refractivity contribution in [3.8, 4) is 0 Å². The summed E-state index contributed by atoms with van der Waals surface area (Å²) < 4.78 is 66.7. The molecule has 1 heterocycles. The summed E-state index contributed by atoms with van der Waals surface area (Å²) in [5, 5.41) is 11.7. The van der Waals surface area contributed by atoms with Crippen LogP contribution in [0.1, 0.15) is 22.5 Å². The van der Waals surface area contributed by atoms with E-state index in [9.17, 15) is 27.1 Å². The first-order valence-electron chi connectivity index (χ1n) is 5.83. The van der Waals surface area contributed by atoms with Crippen molar-refractivity contribution in [3.63, 3.8) is 0 Å². The Morgan fingerprint density at radius 1 is 1.00 bits per heavy atom. The molecule has 1 aromatic heterocycles. The maximum Gasteiger partial charge on any atom is 0.200 e. The van der Waals surface area contributed by atoms with Crippen LogP contribution < -0.4 is 5.73 Å². The minimum Gasteiger partial charge on any atom is -0.387 e. The summed E-state index contributed by atoms with van der Waals surface area (Å²) in [5.74, 6) is -11.5. The van der Waals surface area contributed by atoms with Gasteiger partial charge in [0.05, 0.1) is 11.7 Å². The molecule has 0 saturated heterocycles. The molecule has 0 spiro atoms. The lowest BCUT2D eigenvalue weighted by atomic mass is 9.93. The Bertz CT molecular complexity index is 618. The summed E-state index contributed by atoms with van der Waals surface area (Å²) in [4.78, 5) is 0.481. The van der Waals surface area contributed by atoms with Gasteiger partial charge in [0.25, 0.3) is 0 Å². The van der Waals surface area contributed by atoms with Crippen molar-refractivity contribution in [2.45, 2.75) is 12.0 Å². The van der Waals surface area contributed by atoms with Gasteiger partial charge in [0.1, 0.15) is 0 Å². The lowest BCUT2D eigenvalue weighted by molar-refractivity contribution is 0.136. The Balaban J connectivity index is 2.55. The second-order valence-corrected chi connectivity index (χ2v) is 5.27. The number of nitrogens with two attached hydrogens (primary N) is 1. The first kappa shape index (κ1) is 15.9. The molecular weight excluding hydrogens is 313 g/mol. The molecule has 8 heteroatoms. The minimum atomic E-state index is -2.26. The molecule has 0 aliphatic heterocycles. The maximum atomic E-state index is 13.7. The van der Waals surface area contributed by atoms with Crippen LogP contribution in [0.15, 0.2) is 17.5 Å². The normalized spacial score (nSPS) is 14.2. The molecule has 2 unspecified atom stereocenters. The molecule has 114 valence electrons.